The maximum atomic E-state index is 2.39. The summed E-state index contributed by atoms with van der Waals surface area (Å²) >= 11 is 0. The van der Waals surface area contributed by atoms with Gasteiger partial charge in [0.2, 0.25) is 0 Å². The Balaban J connectivity index is 0.940. The molecule has 3 heteroatoms. The molecule has 0 bridgehead atoms. The molecule has 0 radical (unpaired) electrons. The molecule has 2 heterocycles. The summed E-state index contributed by atoms with van der Waals surface area (Å²) in [7, 11) is 0. The fourth-order valence-corrected chi connectivity index (χ4v) is 11.0. The molecular formula is C68H45N3. The number of hydrogen-bond donors (Lipinski definition) is 0. The van der Waals surface area contributed by atoms with Gasteiger partial charge < -0.3 is 14.0 Å². The molecule has 0 saturated carbocycles. The molecule has 332 valence electrons. The maximum Gasteiger partial charge on any atom is 0.0541 e. The Morgan fingerprint density at radius 3 is 1.06 bits per heavy atom. The van der Waals surface area contributed by atoms with Crippen LogP contribution in [-0.4, -0.2) is 9.13 Å². The van der Waals surface area contributed by atoms with E-state index in [0.29, 0.717) is 0 Å². The summed E-state index contributed by atoms with van der Waals surface area (Å²) < 4.78 is 4.77. The third kappa shape index (κ3) is 6.97. The van der Waals surface area contributed by atoms with E-state index in [2.05, 4.69) is 287 Å². The fourth-order valence-electron chi connectivity index (χ4n) is 11.0. The lowest BCUT2D eigenvalue weighted by Crippen LogP contribution is -2.09. The molecule has 0 aliphatic carbocycles. The van der Waals surface area contributed by atoms with Crippen molar-refractivity contribution in [1.82, 2.24) is 9.13 Å². The molecule has 71 heavy (non-hydrogen) atoms. The second-order valence-electron chi connectivity index (χ2n) is 18.6. The van der Waals surface area contributed by atoms with Crippen molar-refractivity contribution in [3.63, 3.8) is 0 Å². The van der Waals surface area contributed by atoms with Gasteiger partial charge in [-0.05, 0) is 170 Å². The largest absolute Gasteiger partial charge is 0.310 e. The molecule has 0 aliphatic heterocycles. The lowest BCUT2D eigenvalue weighted by atomic mass is 9.92. The summed E-state index contributed by atoms with van der Waals surface area (Å²) in [6.45, 7) is 0. The number of hydrogen-bond acceptors (Lipinski definition) is 1. The van der Waals surface area contributed by atoms with Gasteiger partial charge in [-0.25, -0.2) is 0 Å². The Bertz CT molecular complexity index is 4080. The van der Waals surface area contributed by atoms with Gasteiger partial charge in [-0.15, -0.1) is 0 Å². The highest BCUT2D eigenvalue weighted by molar-refractivity contribution is 6.12. The molecule has 0 amide bonds. The molecule has 0 saturated heterocycles. The topological polar surface area (TPSA) is 13.1 Å². The summed E-state index contributed by atoms with van der Waals surface area (Å²) in [5.41, 5.74) is 17.4. The van der Waals surface area contributed by atoms with Crippen LogP contribution in [0, 0.1) is 0 Å². The first-order chi connectivity index (χ1) is 35.2. The third-order valence-corrected chi connectivity index (χ3v) is 14.4. The van der Waals surface area contributed by atoms with Gasteiger partial charge >= 0.3 is 0 Å². The second-order valence-corrected chi connectivity index (χ2v) is 18.6. The summed E-state index contributed by atoms with van der Waals surface area (Å²) in [5, 5.41) is 9.81. The SMILES string of the molecule is c1ccc(-n2c3ccccc3c3cc(-c4cc(-c5ccc(N(c6ccc7ccccc7c6)c6ccc7ccccc7c6)cc5)cc(-c5ccc6c(c5)c5ccccc5n6-c5ccccc5)c4)ccc32)cc1. The number of benzene rings is 12. The highest BCUT2D eigenvalue weighted by atomic mass is 15.1. The van der Waals surface area contributed by atoms with Crippen LogP contribution in [0.3, 0.4) is 0 Å². The minimum Gasteiger partial charge on any atom is -0.310 e. The number of para-hydroxylation sites is 4. The molecule has 0 spiro atoms. The van der Waals surface area contributed by atoms with E-state index in [9.17, 15) is 0 Å². The number of aromatic nitrogens is 2. The van der Waals surface area contributed by atoms with Crippen LogP contribution in [0.25, 0.3) is 110 Å². The highest BCUT2D eigenvalue weighted by Gasteiger charge is 2.19. The van der Waals surface area contributed by atoms with Crippen LogP contribution in [0.5, 0.6) is 0 Å². The summed E-state index contributed by atoms with van der Waals surface area (Å²) in [6, 6.07) is 100.0. The maximum absolute atomic E-state index is 2.39. The highest BCUT2D eigenvalue weighted by Crippen LogP contribution is 2.42. The zero-order valence-corrected chi connectivity index (χ0v) is 38.8. The zero-order chi connectivity index (χ0) is 46.8. The monoisotopic (exact) mass is 903 g/mol. The fraction of sp³-hybridized carbons (Fsp3) is 0. The van der Waals surface area contributed by atoms with Crippen LogP contribution in [0.1, 0.15) is 0 Å². The predicted molar refractivity (Wildman–Crippen MR) is 301 cm³/mol. The molecule has 14 aromatic rings. The van der Waals surface area contributed by atoms with Gasteiger partial charge in [0.1, 0.15) is 0 Å². The van der Waals surface area contributed by atoms with E-state index in [-0.39, 0.29) is 0 Å². The van der Waals surface area contributed by atoms with Crippen LogP contribution in [0.15, 0.2) is 273 Å². The first-order valence-corrected chi connectivity index (χ1v) is 24.4. The van der Waals surface area contributed by atoms with Crippen molar-refractivity contribution in [2.45, 2.75) is 0 Å². The van der Waals surface area contributed by atoms with E-state index in [4.69, 9.17) is 0 Å². The Morgan fingerprint density at radius 1 is 0.211 bits per heavy atom. The first-order valence-electron chi connectivity index (χ1n) is 24.4. The molecule has 12 aromatic carbocycles. The van der Waals surface area contributed by atoms with Gasteiger partial charge in [0.15, 0.2) is 0 Å². The van der Waals surface area contributed by atoms with Gasteiger partial charge in [-0.3, -0.25) is 0 Å². The molecule has 3 nitrogen and oxygen atoms in total. The van der Waals surface area contributed by atoms with Crippen molar-refractivity contribution >= 4 is 82.2 Å². The van der Waals surface area contributed by atoms with E-state index in [1.807, 2.05) is 0 Å². The van der Waals surface area contributed by atoms with Gasteiger partial charge in [0, 0.05) is 50.0 Å². The molecule has 0 aliphatic rings. The molecular weight excluding hydrogens is 859 g/mol. The average molecular weight is 904 g/mol. The van der Waals surface area contributed by atoms with Crippen LogP contribution >= 0.6 is 0 Å². The molecule has 0 fully saturated rings. The van der Waals surface area contributed by atoms with E-state index < -0.39 is 0 Å². The van der Waals surface area contributed by atoms with Crippen LogP contribution in [0.4, 0.5) is 17.1 Å². The number of anilines is 3. The average Bonchev–Trinajstić information content (AvgIpc) is 3.96. The Labute approximate surface area is 412 Å². The van der Waals surface area contributed by atoms with Gasteiger partial charge in [0.25, 0.3) is 0 Å². The van der Waals surface area contributed by atoms with E-state index in [1.54, 1.807) is 0 Å². The summed E-state index contributed by atoms with van der Waals surface area (Å²) in [5.74, 6) is 0. The first kappa shape index (κ1) is 40.6. The Hall–Kier alpha value is -9.44. The number of fused-ring (bicyclic) bond motifs is 8. The van der Waals surface area contributed by atoms with Gasteiger partial charge in [0.05, 0.1) is 22.1 Å². The van der Waals surface area contributed by atoms with Crippen molar-refractivity contribution in [2.24, 2.45) is 0 Å². The molecule has 0 N–H and O–H groups in total. The summed E-state index contributed by atoms with van der Waals surface area (Å²) in [6.07, 6.45) is 0. The van der Waals surface area contributed by atoms with Crippen molar-refractivity contribution in [1.29, 1.82) is 0 Å². The van der Waals surface area contributed by atoms with Crippen molar-refractivity contribution in [3.8, 4) is 44.8 Å². The van der Waals surface area contributed by atoms with Gasteiger partial charge in [-0.1, -0.05) is 158 Å². The van der Waals surface area contributed by atoms with Crippen LogP contribution in [0.2, 0.25) is 0 Å². The van der Waals surface area contributed by atoms with E-state index >= 15 is 0 Å². The minimum absolute atomic E-state index is 1.09. The summed E-state index contributed by atoms with van der Waals surface area (Å²) in [4.78, 5) is 2.38. The predicted octanol–water partition coefficient (Wildman–Crippen LogP) is 18.7. The van der Waals surface area contributed by atoms with Crippen molar-refractivity contribution in [2.75, 3.05) is 4.90 Å². The standard InChI is InChI=1S/C68H45N3/c1-3-19-56(20-4-1)70-65-25-13-11-23-61(65)63-44-51(31-37-67(63)70)54-39-53(40-55(41-54)52-32-38-68-64(45-52)62-24-12-14-26-66(62)71(68)57-21-5-2-6-22-57)48-27-33-58(34-28-48)69(59-35-29-46-15-7-9-17-49(46)42-59)60-36-30-47-16-8-10-18-50(47)43-60/h1-45H. The minimum atomic E-state index is 1.09. The van der Waals surface area contributed by atoms with Crippen LogP contribution in [-0.2, 0) is 0 Å². The Morgan fingerprint density at radius 2 is 0.577 bits per heavy atom. The van der Waals surface area contributed by atoms with Gasteiger partial charge in [-0.2, -0.15) is 0 Å². The Kier molecular flexibility index (Phi) is 9.53. The molecule has 14 rings (SSSR count). The lowest BCUT2D eigenvalue weighted by molar-refractivity contribution is 1.18. The smallest absolute Gasteiger partial charge is 0.0541 e. The molecule has 0 unspecified atom stereocenters. The van der Waals surface area contributed by atoms with Crippen molar-refractivity contribution < 1.29 is 0 Å². The quantitative estimate of drug-likeness (QED) is 0.148. The number of nitrogens with zero attached hydrogens (tertiary/aromatic N) is 3. The van der Waals surface area contributed by atoms with E-state index in [0.717, 1.165) is 39.6 Å². The lowest BCUT2D eigenvalue weighted by Gasteiger charge is -2.26. The normalized spacial score (nSPS) is 11.7. The van der Waals surface area contributed by atoms with Crippen molar-refractivity contribution in [3.05, 3.63) is 273 Å². The zero-order valence-electron chi connectivity index (χ0n) is 38.8. The molecule has 2 aromatic heterocycles. The second kappa shape index (κ2) is 16.7. The molecule has 0 atom stereocenters. The van der Waals surface area contributed by atoms with E-state index in [1.165, 1.54) is 87.4 Å². The third-order valence-electron chi connectivity index (χ3n) is 14.4. The van der Waals surface area contributed by atoms with Crippen LogP contribution < -0.4 is 4.90 Å². The number of rotatable bonds is 8.